The Morgan fingerprint density at radius 1 is 1.09 bits per heavy atom. The number of hydrogen-bond donors (Lipinski definition) is 3. The van der Waals surface area contributed by atoms with Gasteiger partial charge in [0.25, 0.3) is 5.69 Å². The van der Waals surface area contributed by atoms with Crippen LogP contribution in [0.4, 0.5) is 10.5 Å². The summed E-state index contributed by atoms with van der Waals surface area (Å²) in [5.41, 5.74) is 3.38. The van der Waals surface area contributed by atoms with Crippen LogP contribution in [-0.4, -0.2) is 40.5 Å². The molecule has 0 saturated carbocycles. The van der Waals surface area contributed by atoms with E-state index < -0.39 is 35.5 Å². The van der Waals surface area contributed by atoms with Gasteiger partial charge in [0.05, 0.1) is 11.0 Å². The van der Waals surface area contributed by atoms with Gasteiger partial charge < -0.3 is 25.5 Å². The summed E-state index contributed by atoms with van der Waals surface area (Å²) in [4.78, 5) is 22.6. The van der Waals surface area contributed by atoms with Crippen molar-refractivity contribution in [3.05, 3.63) is 99.0 Å². The maximum atomic E-state index is 12.2. The summed E-state index contributed by atoms with van der Waals surface area (Å²) in [5, 5.41) is 45.4. The van der Waals surface area contributed by atoms with Crippen molar-refractivity contribution in [2.45, 2.75) is 18.1 Å². The molecule has 2 atom stereocenters. The van der Waals surface area contributed by atoms with E-state index in [0.29, 0.717) is 0 Å². The van der Waals surface area contributed by atoms with Gasteiger partial charge in [-0.15, -0.1) is 0 Å². The van der Waals surface area contributed by atoms with Crippen LogP contribution < -0.4 is 10.0 Å². The smallest absolute Gasteiger partial charge is 0.407 e. The van der Waals surface area contributed by atoms with Crippen LogP contribution in [0.3, 0.4) is 0 Å². The van der Waals surface area contributed by atoms with Gasteiger partial charge in [-0.25, -0.2) is 4.79 Å². The van der Waals surface area contributed by atoms with Crippen molar-refractivity contribution in [2.75, 3.05) is 13.2 Å². The third kappa shape index (κ3) is 4.47. The fourth-order valence-electron chi connectivity index (χ4n) is 4.04. The number of ether oxygens (including phenoxy) is 1. The van der Waals surface area contributed by atoms with Crippen molar-refractivity contribution in [3.63, 3.8) is 0 Å². The molecule has 0 spiro atoms. The third-order valence-electron chi connectivity index (χ3n) is 5.62. The van der Waals surface area contributed by atoms with Gasteiger partial charge in [0.1, 0.15) is 24.4 Å². The summed E-state index contributed by atoms with van der Waals surface area (Å²) >= 11 is 0. The molecule has 1 aliphatic carbocycles. The van der Waals surface area contributed by atoms with Crippen LogP contribution in [0.1, 0.15) is 28.7 Å². The van der Waals surface area contributed by atoms with Crippen molar-refractivity contribution in [2.24, 2.45) is 0 Å². The zero-order valence-corrected chi connectivity index (χ0v) is 17.3. The Kier molecular flexibility index (Phi) is 6.20. The SMILES string of the molecule is O=C(NCC(O)C(O)c1c[n+]([O-])ccc1[N+](=O)[O-])OCC1c2ccccc2-c2ccccc21. The highest BCUT2D eigenvalue weighted by Crippen LogP contribution is 2.44. The van der Waals surface area contributed by atoms with Gasteiger partial charge in [-0.3, -0.25) is 10.1 Å². The number of nitro groups is 1. The number of alkyl carbamates (subject to hydrolysis) is 1. The largest absolute Gasteiger partial charge is 0.619 e. The fraction of sp³-hybridized carbons (Fsp3) is 0.217. The Balaban J connectivity index is 1.37. The van der Waals surface area contributed by atoms with E-state index in [0.717, 1.165) is 40.7 Å². The highest BCUT2D eigenvalue weighted by atomic mass is 16.6. The molecule has 3 N–H and O–H groups in total. The number of nitrogens with one attached hydrogen (secondary N) is 1. The minimum absolute atomic E-state index is 0.0683. The number of benzene rings is 2. The van der Waals surface area contributed by atoms with Crippen LogP contribution in [-0.2, 0) is 4.74 Å². The maximum Gasteiger partial charge on any atom is 0.407 e. The molecule has 33 heavy (non-hydrogen) atoms. The molecule has 0 aliphatic heterocycles. The first kappa shape index (κ1) is 22.2. The van der Waals surface area contributed by atoms with Gasteiger partial charge in [-0.1, -0.05) is 48.5 Å². The van der Waals surface area contributed by atoms with Gasteiger partial charge in [0.2, 0.25) is 0 Å². The zero-order chi connectivity index (χ0) is 23.5. The predicted octanol–water partition coefficient (Wildman–Crippen LogP) is 2.16. The van der Waals surface area contributed by atoms with E-state index in [2.05, 4.69) is 5.32 Å². The molecular weight excluding hydrogens is 430 g/mol. The molecule has 4 rings (SSSR count). The molecule has 0 bridgehead atoms. The van der Waals surface area contributed by atoms with E-state index in [1.54, 1.807) is 0 Å². The molecule has 1 heterocycles. The first-order chi connectivity index (χ1) is 15.9. The number of aliphatic hydroxyl groups excluding tert-OH is 2. The molecule has 170 valence electrons. The van der Waals surface area contributed by atoms with Crippen molar-refractivity contribution in [1.29, 1.82) is 0 Å². The number of carbonyl (C=O) groups excluding carboxylic acids is 1. The lowest BCUT2D eigenvalue weighted by Gasteiger charge is -2.19. The second-order valence-electron chi connectivity index (χ2n) is 7.62. The molecule has 10 nitrogen and oxygen atoms in total. The first-order valence-electron chi connectivity index (χ1n) is 10.2. The predicted molar refractivity (Wildman–Crippen MR) is 116 cm³/mol. The Morgan fingerprint density at radius 2 is 1.70 bits per heavy atom. The Hall–Kier alpha value is -4.02. The van der Waals surface area contributed by atoms with E-state index in [4.69, 9.17) is 4.74 Å². The number of hydrogen-bond acceptors (Lipinski definition) is 7. The second-order valence-corrected chi connectivity index (χ2v) is 7.62. The number of fused-ring (bicyclic) bond motifs is 3. The van der Waals surface area contributed by atoms with Gasteiger partial charge in [0, 0.05) is 12.5 Å². The van der Waals surface area contributed by atoms with Gasteiger partial charge in [-0.05, 0) is 22.3 Å². The second kappa shape index (κ2) is 9.23. The summed E-state index contributed by atoms with van der Waals surface area (Å²) < 4.78 is 5.63. The lowest BCUT2D eigenvalue weighted by Crippen LogP contribution is -2.37. The van der Waals surface area contributed by atoms with E-state index in [9.17, 15) is 30.3 Å². The van der Waals surface area contributed by atoms with E-state index in [-0.39, 0.29) is 22.8 Å². The number of rotatable bonds is 7. The third-order valence-corrected chi connectivity index (χ3v) is 5.62. The van der Waals surface area contributed by atoms with E-state index >= 15 is 0 Å². The summed E-state index contributed by atoms with van der Waals surface area (Å²) in [7, 11) is 0. The molecule has 0 fully saturated rings. The number of aliphatic hydroxyl groups is 2. The number of nitrogens with zero attached hydrogens (tertiary/aromatic N) is 2. The Labute approximate surface area is 188 Å². The van der Waals surface area contributed by atoms with Crippen molar-refractivity contribution < 1.29 is 29.4 Å². The highest BCUT2D eigenvalue weighted by molar-refractivity contribution is 5.79. The molecular formula is C23H21N3O7. The van der Waals surface area contributed by atoms with Crippen LogP contribution in [0, 0.1) is 15.3 Å². The van der Waals surface area contributed by atoms with Gasteiger partial charge in [0.15, 0.2) is 12.4 Å². The van der Waals surface area contributed by atoms with Crippen LogP contribution in [0.2, 0.25) is 0 Å². The van der Waals surface area contributed by atoms with Gasteiger partial charge >= 0.3 is 6.09 Å². The normalized spacial score (nSPS) is 14.1. The number of amides is 1. The fourth-order valence-corrected chi connectivity index (χ4v) is 4.04. The average molecular weight is 451 g/mol. The van der Waals surface area contributed by atoms with E-state index in [1.165, 1.54) is 0 Å². The molecule has 0 radical (unpaired) electrons. The van der Waals surface area contributed by atoms with Gasteiger partial charge in [-0.2, -0.15) is 4.73 Å². The maximum absolute atomic E-state index is 12.2. The molecule has 1 aliphatic rings. The standard InChI is InChI=1S/C23H21N3O7/c27-21(22(28)18-12-25(30)10-9-20(18)26(31)32)11-24-23(29)33-13-19-16-7-3-1-5-14(16)15-6-2-4-8-17(15)19/h1-10,12,19,21-22,27-28H,11,13H2,(H,24,29). The summed E-state index contributed by atoms with van der Waals surface area (Å²) in [6.07, 6.45) is -2.47. The minimum Gasteiger partial charge on any atom is -0.619 e. The number of carbonyl (C=O) groups is 1. The van der Waals surface area contributed by atoms with Crippen LogP contribution in [0.15, 0.2) is 67.0 Å². The lowest BCUT2D eigenvalue weighted by atomic mass is 9.98. The molecule has 1 aromatic heterocycles. The summed E-state index contributed by atoms with van der Waals surface area (Å²) in [6, 6.07) is 16.7. The van der Waals surface area contributed by atoms with E-state index in [1.807, 2.05) is 48.5 Å². The Morgan fingerprint density at radius 3 is 2.30 bits per heavy atom. The molecule has 10 heteroatoms. The quantitative estimate of drug-likeness (QED) is 0.216. The topological polar surface area (TPSA) is 149 Å². The zero-order valence-electron chi connectivity index (χ0n) is 17.3. The summed E-state index contributed by atoms with van der Waals surface area (Å²) in [5.74, 6) is -0.141. The molecule has 2 unspecified atom stereocenters. The number of pyridine rings is 1. The Bertz CT molecular complexity index is 1150. The molecule has 3 aromatic rings. The van der Waals surface area contributed by atoms with Crippen molar-refractivity contribution >= 4 is 11.8 Å². The highest BCUT2D eigenvalue weighted by Gasteiger charge is 2.31. The molecule has 1 amide bonds. The first-order valence-corrected chi connectivity index (χ1v) is 10.2. The molecule has 0 saturated heterocycles. The summed E-state index contributed by atoms with van der Waals surface area (Å²) in [6.45, 7) is -0.373. The van der Waals surface area contributed by atoms with Crippen molar-refractivity contribution in [3.8, 4) is 11.1 Å². The van der Waals surface area contributed by atoms with Crippen LogP contribution in [0.25, 0.3) is 11.1 Å². The van der Waals surface area contributed by atoms with Crippen molar-refractivity contribution in [1.82, 2.24) is 5.32 Å². The monoisotopic (exact) mass is 451 g/mol. The molecule has 2 aromatic carbocycles. The lowest BCUT2D eigenvalue weighted by molar-refractivity contribution is -0.606. The van der Waals surface area contributed by atoms with Crippen LogP contribution >= 0.6 is 0 Å². The average Bonchev–Trinajstić information content (AvgIpc) is 3.14. The van der Waals surface area contributed by atoms with Crippen LogP contribution in [0.5, 0.6) is 0 Å². The minimum atomic E-state index is -1.76. The number of aromatic nitrogens is 1.